The summed E-state index contributed by atoms with van der Waals surface area (Å²) >= 11 is 0. The first kappa shape index (κ1) is 7.86. The molecule has 11 heavy (non-hydrogen) atoms. The Balaban J connectivity index is 3.11. The molecule has 0 atom stereocenters. The summed E-state index contributed by atoms with van der Waals surface area (Å²) in [5.74, 6) is 0.319. The average Bonchev–Trinajstić information content (AvgIpc) is 2.03. The first-order valence-corrected chi connectivity index (χ1v) is 3.71. The third-order valence-corrected chi connectivity index (χ3v) is 1.64. The zero-order chi connectivity index (χ0) is 8.27. The van der Waals surface area contributed by atoms with Crippen LogP contribution < -0.4 is 0 Å². The molecule has 0 aliphatic heterocycles. The predicted octanol–water partition coefficient (Wildman–Crippen LogP) is 2.60. The molecule has 1 rings (SSSR count). The van der Waals surface area contributed by atoms with Gasteiger partial charge >= 0.3 is 0 Å². The second-order valence-electron chi connectivity index (χ2n) is 2.49. The molecule has 0 radical (unpaired) electrons. The van der Waals surface area contributed by atoms with Gasteiger partial charge in [0.15, 0.2) is 0 Å². The van der Waals surface area contributed by atoms with Crippen LogP contribution in [-0.4, -0.2) is 5.11 Å². The standard InChI is InChI=1S/C10H12O/c1-3-8-5-9(4-2)7-10(11)6-8/h3,5-7,11H,1,4H2,2H3. The highest BCUT2D eigenvalue weighted by Gasteiger charge is 1.94. The van der Waals surface area contributed by atoms with Crippen LogP contribution in [0.3, 0.4) is 0 Å². The maximum absolute atomic E-state index is 9.21. The van der Waals surface area contributed by atoms with Gasteiger partial charge < -0.3 is 5.11 Å². The van der Waals surface area contributed by atoms with E-state index < -0.39 is 0 Å². The SMILES string of the molecule is C=Cc1cc(O)cc(CC)c1. The van der Waals surface area contributed by atoms with Crippen molar-refractivity contribution in [1.82, 2.24) is 0 Å². The quantitative estimate of drug-likeness (QED) is 0.683. The number of aromatic hydroxyl groups is 1. The molecule has 0 heterocycles. The molecular weight excluding hydrogens is 136 g/mol. The number of hydrogen-bond acceptors (Lipinski definition) is 1. The van der Waals surface area contributed by atoms with Crippen LogP contribution in [-0.2, 0) is 6.42 Å². The van der Waals surface area contributed by atoms with Crippen molar-refractivity contribution in [1.29, 1.82) is 0 Å². The summed E-state index contributed by atoms with van der Waals surface area (Å²) < 4.78 is 0. The summed E-state index contributed by atoms with van der Waals surface area (Å²) in [5, 5.41) is 9.21. The van der Waals surface area contributed by atoms with Crippen molar-refractivity contribution < 1.29 is 5.11 Å². The summed E-state index contributed by atoms with van der Waals surface area (Å²) in [6.07, 6.45) is 2.67. The Morgan fingerprint density at radius 2 is 2.18 bits per heavy atom. The highest BCUT2D eigenvalue weighted by atomic mass is 16.3. The Hall–Kier alpha value is -1.24. The van der Waals surface area contributed by atoms with Crippen LogP contribution in [0.4, 0.5) is 0 Å². The van der Waals surface area contributed by atoms with E-state index in [1.165, 1.54) is 0 Å². The number of phenols is 1. The van der Waals surface area contributed by atoms with E-state index in [-0.39, 0.29) is 0 Å². The van der Waals surface area contributed by atoms with Gasteiger partial charge in [-0.25, -0.2) is 0 Å². The Bertz CT molecular complexity index is 264. The molecule has 1 heteroatoms. The fourth-order valence-electron chi connectivity index (χ4n) is 1.02. The number of hydrogen-bond donors (Lipinski definition) is 1. The minimum absolute atomic E-state index is 0.319. The first-order chi connectivity index (χ1) is 5.26. The van der Waals surface area contributed by atoms with Gasteiger partial charge in [0.25, 0.3) is 0 Å². The number of rotatable bonds is 2. The van der Waals surface area contributed by atoms with Crippen LogP contribution in [0.5, 0.6) is 5.75 Å². The molecule has 1 aromatic carbocycles. The minimum Gasteiger partial charge on any atom is -0.508 e. The summed E-state index contributed by atoms with van der Waals surface area (Å²) in [7, 11) is 0. The molecule has 1 aromatic rings. The molecule has 0 amide bonds. The summed E-state index contributed by atoms with van der Waals surface area (Å²) in [5.41, 5.74) is 2.11. The Labute approximate surface area is 67.0 Å². The third-order valence-electron chi connectivity index (χ3n) is 1.64. The fourth-order valence-corrected chi connectivity index (χ4v) is 1.02. The van der Waals surface area contributed by atoms with E-state index in [0.29, 0.717) is 5.75 Å². The topological polar surface area (TPSA) is 20.2 Å². The Morgan fingerprint density at radius 3 is 2.73 bits per heavy atom. The number of phenolic OH excluding ortho intramolecular Hbond substituents is 1. The van der Waals surface area contributed by atoms with Crippen LogP contribution in [0.1, 0.15) is 18.1 Å². The Morgan fingerprint density at radius 1 is 1.45 bits per heavy atom. The highest BCUT2D eigenvalue weighted by Crippen LogP contribution is 2.16. The number of benzene rings is 1. The van der Waals surface area contributed by atoms with Gasteiger partial charge in [0.2, 0.25) is 0 Å². The predicted molar refractivity (Wildman–Crippen MR) is 47.6 cm³/mol. The minimum atomic E-state index is 0.319. The molecule has 0 saturated carbocycles. The van der Waals surface area contributed by atoms with E-state index in [9.17, 15) is 5.11 Å². The fraction of sp³-hybridized carbons (Fsp3) is 0.200. The van der Waals surface area contributed by atoms with E-state index >= 15 is 0 Å². The molecule has 1 N–H and O–H groups in total. The van der Waals surface area contributed by atoms with Crippen molar-refractivity contribution in [3.8, 4) is 5.75 Å². The van der Waals surface area contributed by atoms with E-state index in [0.717, 1.165) is 17.5 Å². The van der Waals surface area contributed by atoms with E-state index in [4.69, 9.17) is 0 Å². The van der Waals surface area contributed by atoms with Crippen LogP contribution in [0.25, 0.3) is 6.08 Å². The first-order valence-electron chi connectivity index (χ1n) is 3.71. The van der Waals surface area contributed by atoms with Crippen LogP contribution in [0.15, 0.2) is 24.8 Å². The lowest BCUT2D eigenvalue weighted by Gasteiger charge is -2.00. The maximum atomic E-state index is 9.21. The molecule has 0 aliphatic carbocycles. The van der Waals surface area contributed by atoms with Crippen molar-refractivity contribution in [2.45, 2.75) is 13.3 Å². The van der Waals surface area contributed by atoms with Gasteiger partial charge in [0, 0.05) is 0 Å². The number of aryl methyl sites for hydroxylation is 1. The van der Waals surface area contributed by atoms with Gasteiger partial charge in [0.05, 0.1) is 0 Å². The molecule has 0 saturated heterocycles. The summed E-state index contributed by atoms with van der Waals surface area (Å²) in [4.78, 5) is 0. The smallest absolute Gasteiger partial charge is 0.116 e. The van der Waals surface area contributed by atoms with Crippen molar-refractivity contribution in [2.75, 3.05) is 0 Å². The van der Waals surface area contributed by atoms with Crippen molar-refractivity contribution in [2.24, 2.45) is 0 Å². The lowest BCUT2D eigenvalue weighted by Crippen LogP contribution is -1.80. The average molecular weight is 148 g/mol. The largest absolute Gasteiger partial charge is 0.508 e. The molecule has 1 nitrogen and oxygen atoms in total. The highest BCUT2D eigenvalue weighted by molar-refractivity contribution is 5.51. The van der Waals surface area contributed by atoms with Crippen molar-refractivity contribution >= 4 is 6.08 Å². The van der Waals surface area contributed by atoms with Gasteiger partial charge in [-0.05, 0) is 29.7 Å². The zero-order valence-corrected chi connectivity index (χ0v) is 6.67. The molecular formula is C10H12O. The monoisotopic (exact) mass is 148 g/mol. The van der Waals surface area contributed by atoms with Crippen molar-refractivity contribution in [3.63, 3.8) is 0 Å². The molecule has 0 bridgehead atoms. The van der Waals surface area contributed by atoms with E-state index in [2.05, 4.69) is 13.5 Å². The van der Waals surface area contributed by atoms with Gasteiger partial charge in [-0.3, -0.25) is 0 Å². The van der Waals surface area contributed by atoms with Gasteiger partial charge in [-0.2, -0.15) is 0 Å². The normalized spacial score (nSPS) is 9.55. The molecule has 0 spiro atoms. The Kier molecular flexibility index (Phi) is 2.32. The molecule has 58 valence electrons. The summed E-state index contributed by atoms with van der Waals surface area (Å²) in [6.45, 7) is 5.69. The van der Waals surface area contributed by atoms with Crippen molar-refractivity contribution in [3.05, 3.63) is 35.9 Å². The molecule has 0 aliphatic rings. The van der Waals surface area contributed by atoms with Crippen LogP contribution in [0.2, 0.25) is 0 Å². The second kappa shape index (κ2) is 3.24. The van der Waals surface area contributed by atoms with E-state index in [1.807, 2.05) is 6.07 Å². The molecule has 0 fully saturated rings. The maximum Gasteiger partial charge on any atom is 0.116 e. The van der Waals surface area contributed by atoms with Crippen LogP contribution in [0, 0.1) is 0 Å². The second-order valence-corrected chi connectivity index (χ2v) is 2.49. The molecule has 0 aromatic heterocycles. The van der Waals surface area contributed by atoms with E-state index in [1.54, 1.807) is 18.2 Å². The van der Waals surface area contributed by atoms with Crippen LogP contribution >= 0.6 is 0 Å². The lowest BCUT2D eigenvalue weighted by atomic mass is 10.1. The van der Waals surface area contributed by atoms with Gasteiger partial charge in [-0.1, -0.05) is 25.6 Å². The third kappa shape index (κ3) is 1.84. The lowest BCUT2D eigenvalue weighted by molar-refractivity contribution is 0.474. The summed E-state index contributed by atoms with van der Waals surface area (Å²) in [6, 6.07) is 5.49. The van der Waals surface area contributed by atoms with Gasteiger partial charge in [0.1, 0.15) is 5.75 Å². The molecule has 0 unspecified atom stereocenters. The zero-order valence-electron chi connectivity index (χ0n) is 6.67. The van der Waals surface area contributed by atoms with Gasteiger partial charge in [-0.15, -0.1) is 0 Å².